The van der Waals surface area contributed by atoms with Crippen LogP contribution < -0.4 is 0 Å². The van der Waals surface area contributed by atoms with Crippen molar-refractivity contribution in [3.8, 4) is 0 Å². The van der Waals surface area contributed by atoms with E-state index in [2.05, 4.69) is 0 Å². The molecule has 0 amide bonds. The van der Waals surface area contributed by atoms with Crippen LogP contribution in [0.15, 0.2) is 18.3 Å². The molecule has 3 heteroatoms. The number of rotatable bonds is 2. The van der Waals surface area contributed by atoms with Gasteiger partial charge in [0.2, 0.25) is 0 Å². The Morgan fingerprint density at radius 2 is 2.50 bits per heavy atom. The van der Waals surface area contributed by atoms with Crippen molar-refractivity contribution >= 4 is 17.6 Å². The van der Waals surface area contributed by atoms with E-state index in [4.69, 9.17) is 11.8 Å². The fourth-order valence-corrected chi connectivity index (χ4v) is 0.970. The summed E-state index contributed by atoms with van der Waals surface area (Å²) in [4.78, 5) is 11.0. The summed E-state index contributed by atoms with van der Waals surface area (Å²) in [5.41, 5.74) is 0.559. The molecule has 0 N–H and O–H groups in total. The van der Waals surface area contributed by atoms with E-state index < -0.39 is 0 Å². The highest BCUT2D eigenvalue weighted by Crippen LogP contribution is 2.06. The minimum Gasteiger partial charge on any atom is -0.292 e. The van der Waals surface area contributed by atoms with Gasteiger partial charge in [-0.2, -0.15) is 0 Å². The van der Waals surface area contributed by atoms with Crippen LogP contribution in [-0.2, 0) is 0 Å². The Hall–Kier alpha value is -0.760. The van der Waals surface area contributed by atoms with Gasteiger partial charge in [-0.1, -0.05) is 6.92 Å². The topological polar surface area (TPSA) is 22.0 Å². The number of carbonyl (C=O) groups excluding carboxylic acids is 1. The molecule has 0 aliphatic heterocycles. The molecule has 1 heterocycles. The van der Waals surface area contributed by atoms with Gasteiger partial charge in [0, 0.05) is 24.4 Å². The van der Waals surface area contributed by atoms with Gasteiger partial charge >= 0.3 is 0 Å². The van der Waals surface area contributed by atoms with E-state index in [0.717, 1.165) is 0 Å². The summed E-state index contributed by atoms with van der Waals surface area (Å²) in [6.45, 7) is 1.81. The molecule has 1 aromatic heterocycles. The lowest BCUT2D eigenvalue weighted by molar-refractivity contribution is 0.0983. The van der Waals surface area contributed by atoms with Crippen LogP contribution in [0.2, 0.25) is 0 Å². The summed E-state index contributed by atoms with van der Waals surface area (Å²) in [5, 5.41) is 0. The molecule has 0 fully saturated rings. The summed E-state index contributed by atoms with van der Waals surface area (Å²) in [5.74, 6) is 0.0694. The summed E-state index contributed by atoms with van der Waals surface area (Å²) < 4.78 is 1.31. The van der Waals surface area contributed by atoms with Crippen molar-refractivity contribution in [1.29, 1.82) is 0 Å². The average Bonchev–Trinajstić information content (AvgIpc) is 2.34. The van der Waals surface area contributed by atoms with E-state index in [9.17, 15) is 4.79 Å². The lowest BCUT2D eigenvalue weighted by Gasteiger charge is -1.94. The molecule has 0 saturated carbocycles. The van der Waals surface area contributed by atoms with Gasteiger partial charge in [-0.15, -0.1) is 0 Å². The second-order valence-electron chi connectivity index (χ2n) is 1.98. The fraction of sp³-hybridized carbons (Fsp3) is 0.286. The SMILES string of the molecule is CCC(=O)c1cccn1Cl. The highest BCUT2D eigenvalue weighted by atomic mass is 35.5. The van der Waals surface area contributed by atoms with Gasteiger partial charge in [0.05, 0.1) is 0 Å². The zero-order chi connectivity index (χ0) is 7.56. The number of nitrogens with zero attached hydrogens (tertiary/aromatic N) is 1. The van der Waals surface area contributed by atoms with Crippen LogP contribution in [0.25, 0.3) is 0 Å². The Bertz CT molecular complexity index is 242. The first-order chi connectivity index (χ1) is 4.75. The third-order valence-corrected chi connectivity index (χ3v) is 1.60. The maximum absolute atomic E-state index is 11.0. The number of halogens is 1. The maximum Gasteiger partial charge on any atom is 0.180 e. The summed E-state index contributed by atoms with van der Waals surface area (Å²) in [7, 11) is 0. The normalized spacial score (nSPS) is 9.80. The molecule has 1 aromatic rings. The Kier molecular flexibility index (Phi) is 2.12. The Balaban J connectivity index is 2.93. The van der Waals surface area contributed by atoms with Gasteiger partial charge in [-0.3, -0.25) is 8.88 Å². The van der Waals surface area contributed by atoms with E-state index in [1.54, 1.807) is 18.3 Å². The molecule has 0 aliphatic rings. The monoisotopic (exact) mass is 157 g/mol. The molecule has 0 saturated heterocycles. The molecule has 0 spiro atoms. The van der Waals surface area contributed by atoms with Crippen molar-refractivity contribution in [3.63, 3.8) is 0 Å². The zero-order valence-corrected chi connectivity index (χ0v) is 6.43. The minimum atomic E-state index is 0.0694. The molecule has 0 aromatic carbocycles. The Morgan fingerprint density at radius 1 is 1.80 bits per heavy atom. The number of Topliss-reactive ketones (excluding diaryl/α,β-unsaturated/α-hetero) is 1. The van der Waals surface area contributed by atoms with E-state index in [-0.39, 0.29) is 5.78 Å². The predicted molar refractivity (Wildman–Crippen MR) is 40.3 cm³/mol. The van der Waals surface area contributed by atoms with Gasteiger partial charge in [0.15, 0.2) is 5.78 Å². The zero-order valence-electron chi connectivity index (χ0n) is 5.67. The van der Waals surface area contributed by atoms with Crippen LogP contribution in [-0.4, -0.2) is 9.87 Å². The lowest BCUT2D eigenvalue weighted by Crippen LogP contribution is -1.99. The number of hydrogen-bond donors (Lipinski definition) is 0. The molecule has 0 bridgehead atoms. The molecule has 10 heavy (non-hydrogen) atoms. The fourth-order valence-electron chi connectivity index (χ4n) is 0.754. The molecule has 0 unspecified atom stereocenters. The standard InChI is InChI=1S/C7H8ClNO/c1-2-7(10)6-4-3-5-9(6)8/h3-5H,2H2,1H3. The molecule has 2 nitrogen and oxygen atoms in total. The Labute approximate surface area is 64.5 Å². The largest absolute Gasteiger partial charge is 0.292 e. The van der Waals surface area contributed by atoms with Crippen molar-refractivity contribution < 1.29 is 4.79 Å². The van der Waals surface area contributed by atoms with E-state index in [0.29, 0.717) is 12.1 Å². The first-order valence-electron chi connectivity index (χ1n) is 3.12. The van der Waals surface area contributed by atoms with Gasteiger partial charge < -0.3 is 0 Å². The smallest absolute Gasteiger partial charge is 0.180 e. The van der Waals surface area contributed by atoms with Crippen molar-refractivity contribution in [2.75, 3.05) is 0 Å². The molecule has 54 valence electrons. The highest BCUT2D eigenvalue weighted by Gasteiger charge is 2.05. The summed E-state index contributed by atoms with van der Waals surface area (Å²) >= 11 is 5.61. The maximum atomic E-state index is 11.0. The van der Waals surface area contributed by atoms with Crippen LogP contribution >= 0.6 is 11.8 Å². The summed E-state index contributed by atoms with van der Waals surface area (Å²) in [6.07, 6.45) is 2.14. The van der Waals surface area contributed by atoms with Crippen LogP contribution in [0.1, 0.15) is 23.8 Å². The quantitative estimate of drug-likeness (QED) is 0.603. The first-order valence-corrected chi connectivity index (χ1v) is 3.46. The number of carbonyl (C=O) groups is 1. The van der Waals surface area contributed by atoms with E-state index in [1.165, 1.54) is 4.09 Å². The van der Waals surface area contributed by atoms with Crippen LogP contribution in [0.3, 0.4) is 0 Å². The number of aromatic nitrogens is 1. The van der Waals surface area contributed by atoms with Crippen LogP contribution in [0.5, 0.6) is 0 Å². The first kappa shape index (κ1) is 7.35. The molecule has 0 radical (unpaired) electrons. The Morgan fingerprint density at radius 3 is 2.90 bits per heavy atom. The van der Waals surface area contributed by atoms with Crippen LogP contribution in [0, 0.1) is 0 Å². The van der Waals surface area contributed by atoms with Gasteiger partial charge in [0.1, 0.15) is 5.69 Å². The third kappa shape index (κ3) is 1.21. The van der Waals surface area contributed by atoms with Crippen LogP contribution in [0.4, 0.5) is 0 Å². The van der Waals surface area contributed by atoms with E-state index >= 15 is 0 Å². The van der Waals surface area contributed by atoms with Crippen molar-refractivity contribution in [2.45, 2.75) is 13.3 Å². The van der Waals surface area contributed by atoms with Crippen molar-refractivity contribution in [2.24, 2.45) is 0 Å². The van der Waals surface area contributed by atoms with Crippen molar-refractivity contribution in [3.05, 3.63) is 24.0 Å². The highest BCUT2D eigenvalue weighted by molar-refractivity contribution is 6.18. The third-order valence-electron chi connectivity index (χ3n) is 1.31. The van der Waals surface area contributed by atoms with Gasteiger partial charge in [-0.25, -0.2) is 0 Å². The van der Waals surface area contributed by atoms with Gasteiger partial charge in [0.25, 0.3) is 0 Å². The van der Waals surface area contributed by atoms with Gasteiger partial charge in [-0.05, 0) is 12.1 Å². The lowest BCUT2D eigenvalue weighted by atomic mass is 10.2. The second-order valence-corrected chi connectivity index (χ2v) is 2.35. The summed E-state index contributed by atoms with van der Waals surface area (Å²) in [6, 6.07) is 3.45. The minimum absolute atomic E-state index is 0.0694. The second kappa shape index (κ2) is 2.88. The number of ketones is 1. The average molecular weight is 158 g/mol. The molecule has 1 rings (SSSR count). The molecular weight excluding hydrogens is 150 g/mol. The number of hydrogen-bond acceptors (Lipinski definition) is 1. The predicted octanol–water partition coefficient (Wildman–Crippen LogP) is 2.08. The molecular formula is C7H8ClNO. The van der Waals surface area contributed by atoms with E-state index in [1.807, 2.05) is 6.92 Å². The van der Waals surface area contributed by atoms with Crippen molar-refractivity contribution in [1.82, 2.24) is 4.09 Å². The molecule has 0 atom stereocenters. The molecule has 0 aliphatic carbocycles.